The number of carbonyl (C=O) groups excluding carboxylic acids is 2. The van der Waals surface area contributed by atoms with Crippen LogP contribution in [0.25, 0.3) is 0 Å². The van der Waals surface area contributed by atoms with Crippen molar-refractivity contribution in [1.82, 2.24) is 0 Å². The van der Waals surface area contributed by atoms with Gasteiger partial charge in [0.1, 0.15) is 36.7 Å². The number of ketones is 2. The van der Waals surface area contributed by atoms with Gasteiger partial charge in [-0.2, -0.15) is 0 Å². The maximum absolute atomic E-state index is 14.6. The minimum Gasteiger partial charge on any atom is -0.850 e. The first-order valence-corrected chi connectivity index (χ1v) is 19.9. The van der Waals surface area contributed by atoms with Gasteiger partial charge in [-0.1, -0.05) is 68.6 Å². The molecule has 0 amide bonds. The Morgan fingerprint density at radius 1 is 0.830 bits per heavy atom. The number of halogens is 5. The molecule has 4 saturated carbocycles. The molecule has 1 spiro atoms. The second kappa shape index (κ2) is 21.1. The Hall–Kier alpha value is -0.0436. The van der Waals surface area contributed by atoms with E-state index < -0.39 is 28.9 Å². The molecule has 2 aromatic carbocycles. The van der Waals surface area contributed by atoms with Gasteiger partial charge in [-0.25, -0.2) is 8.78 Å². The third-order valence-electron chi connectivity index (χ3n) is 9.59. The zero-order chi connectivity index (χ0) is 38.4. The van der Waals surface area contributed by atoms with E-state index in [2.05, 4.69) is 47.8 Å². The second-order valence-corrected chi connectivity index (χ2v) is 17.3. The van der Waals surface area contributed by atoms with Crippen molar-refractivity contribution < 1.29 is 103 Å². The van der Waals surface area contributed by atoms with Crippen molar-refractivity contribution in [3.63, 3.8) is 0 Å². The Kier molecular flexibility index (Phi) is 18.8. The summed E-state index contributed by atoms with van der Waals surface area (Å²) in [5.74, 6) is 2.09. The number of benzene rings is 2. The van der Waals surface area contributed by atoms with Crippen molar-refractivity contribution in [2.75, 3.05) is 47.8 Å². The number of carbonyl (C=O) groups is 2. The zero-order valence-electron chi connectivity index (χ0n) is 31.4. The Bertz CT molecular complexity index is 1550. The summed E-state index contributed by atoms with van der Waals surface area (Å²) in [7, 11) is 4.55. The smallest absolute Gasteiger partial charge is 0.850 e. The Balaban J connectivity index is 0.000000216. The summed E-state index contributed by atoms with van der Waals surface area (Å²) >= 11 is 9.88. The van der Waals surface area contributed by atoms with Crippen LogP contribution in [0.4, 0.5) is 8.78 Å². The third kappa shape index (κ3) is 12.2. The molecule has 1 aliphatic heterocycles. The van der Waals surface area contributed by atoms with Crippen molar-refractivity contribution in [2.24, 2.45) is 23.7 Å². The average Bonchev–Trinajstić information content (AvgIpc) is 3.45. The van der Waals surface area contributed by atoms with E-state index in [0.29, 0.717) is 70.1 Å². The molecule has 4 bridgehead atoms. The van der Waals surface area contributed by atoms with Gasteiger partial charge < -0.3 is 33.5 Å². The van der Waals surface area contributed by atoms with Crippen molar-refractivity contribution in [3.8, 4) is 17.2 Å². The molecule has 5 fully saturated rings. The van der Waals surface area contributed by atoms with Crippen LogP contribution in [0.5, 0.6) is 17.2 Å². The standard InChI is InChI=1S/C17H18BrFO4.C10H12BrFO3.C7H9BrO.C4H9O.K/c1-21-4-5-22-13-8-11(18)7-12(19)14(13)16-17(23-16)10-3-2-9(6-10)15(17)20;1-13-3-4-15-9-6-7(11)5-8(12)10(9)14-2;8-6-4-1-2-5(3-4)7(6)9;1-4(2,3)5;/h7-10,16H,2-6H2,1H3;5-6H,3-4H2,1-2H3;4-6H,1-3H2;1-3H3;/q;;;-1;+1. The van der Waals surface area contributed by atoms with Crippen molar-refractivity contribution in [1.29, 1.82) is 0 Å². The maximum atomic E-state index is 14.6. The van der Waals surface area contributed by atoms with Gasteiger partial charge in [0.05, 0.1) is 30.7 Å². The Morgan fingerprint density at radius 3 is 1.85 bits per heavy atom. The monoisotopic (exact) mass is 962 g/mol. The van der Waals surface area contributed by atoms with Crippen molar-refractivity contribution in [3.05, 3.63) is 50.4 Å². The molecular weight excluding hydrogens is 917 g/mol. The molecule has 290 valence electrons. The SMILES string of the molecule is CC(C)(C)[O-].COCCOc1cc(Br)cc(F)c1C1OC12C(=O)C1CCC2C1.COCCOc1cc(Br)cc(F)c1OC.O=C1C2CCC(C2)C1Br.[K+]. The molecule has 7 atom stereocenters. The Labute approximate surface area is 379 Å². The quantitative estimate of drug-likeness (QED) is 0.142. The summed E-state index contributed by atoms with van der Waals surface area (Å²) in [5, 5.41) is 10.1. The van der Waals surface area contributed by atoms with Gasteiger partial charge in [-0.15, -0.1) is 5.60 Å². The summed E-state index contributed by atoms with van der Waals surface area (Å²) in [6.45, 7) is 6.42. The van der Waals surface area contributed by atoms with Crippen LogP contribution >= 0.6 is 47.8 Å². The van der Waals surface area contributed by atoms with Crippen LogP contribution in [0.15, 0.2) is 33.2 Å². The number of epoxide rings is 1. The van der Waals surface area contributed by atoms with E-state index in [-0.39, 0.29) is 79.6 Å². The summed E-state index contributed by atoms with van der Waals surface area (Å²) < 4.78 is 60.7. The molecule has 2 aromatic rings. The molecule has 7 unspecified atom stereocenters. The molecule has 1 heterocycles. The fourth-order valence-electron chi connectivity index (χ4n) is 7.31. The first kappa shape index (κ1) is 47.3. The molecule has 9 nitrogen and oxygen atoms in total. The molecule has 0 radical (unpaired) electrons. The first-order valence-electron chi connectivity index (χ1n) is 17.4. The fourth-order valence-corrected chi connectivity index (χ4v) is 8.98. The molecule has 15 heteroatoms. The van der Waals surface area contributed by atoms with Crippen LogP contribution in [0, 0.1) is 35.3 Å². The van der Waals surface area contributed by atoms with Crippen LogP contribution < -0.4 is 70.7 Å². The van der Waals surface area contributed by atoms with Gasteiger partial charge in [-0.3, -0.25) is 9.59 Å². The number of alkyl halides is 1. The predicted molar refractivity (Wildman–Crippen MR) is 200 cm³/mol. The third-order valence-corrected chi connectivity index (χ3v) is 11.7. The normalized spacial score (nSPS) is 27.2. The number of rotatable bonds is 10. The number of Topliss-reactive ketones (excluding diaryl/α,β-unsaturated/α-hetero) is 2. The van der Waals surface area contributed by atoms with E-state index in [0.717, 1.165) is 32.1 Å². The van der Waals surface area contributed by atoms with Gasteiger partial charge in [0.15, 0.2) is 28.7 Å². The number of hydrogen-bond donors (Lipinski definition) is 0. The Morgan fingerprint density at radius 2 is 1.38 bits per heavy atom. The van der Waals surface area contributed by atoms with E-state index >= 15 is 0 Å². The average molecular weight is 966 g/mol. The maximum Gasteiger partial charge on any atom is 1.00 e. The van der Waals surface area contributed by atoms with Crippen LogP contribution in [0.1, 0.15) is 71.0 Å². The minimum atomic E-state index is -0.795. The van der Waals surface area contributed by atoms with Crippen LogP contribution in [0.2, 0.25) is 0 Å². The van der Waals surface area contributed by atoms with Gasteiger partial charge >= 0.3 is 51.4 Å². The zero-order valence-corrected chi connectivity index (χ0v) is 39.3. The van der Waals surface area contributed by atoms with Crippen LogP contribution in [-0.2, 0) is 23.8 Å². The van der Waals surface area contributed by atoms with Crippen LogP contribution in [-0.4, -0.2) is 75.4 Å². The molecular formula is C38H48Br3F2KO9. The molecule has 5 aliphatic rings. The molecule has 53 heavy (non-hydrogen) atoms. The number of fused-ring (bicyclic) bond motifs is 5. The summed E-state index contributed by atoms with van der Waals surface area (Å²) in [6.07, 6.45) is 5.89. The van der Waals surface area contributed by atoms with E-state index in [9.17, 15) is 23.5 Å². The topological polar surface area (TPSA) is 116 Å². The fraction of sp³-hybridized carbons (Fsp3) is 0.632. The van der Waals surface area contributed by atoms with E-state index in [1.54, 1.807) is 47.1 Å². The second-order valence-electron chi connectivity index (χ2n) is 14.4. The minimum absolute atomic E-state index is 0. The van der Waals surface area contributed by atoms with Crippen molar-refractivity contribution >= 4 is 59.4 Å². The van der Waals surface area contributed by atoms with Crippen molar-refractivity contribution in [2.45, 2.75) is 81.4 Å². The van der Waals surface area contributed by atoms with Gasteiger partial charge in [0, 0.05) is 35.0 Å². The van der Waals surface area contributed by atoms with Gasteiger partial charge in [0.25, 0.3) is 0 Å². The summed E-state index contributed by atoms with van der Waals surface area (Å²) in [5.41, 5.74) is -1.18. The molecule has 1 saturated heterocycles. The van der Waals surface area contributed by atoms with Crippen LogP contribution in [0.3, 0.4) is 0 Å². The first-order chi connectivity index (χ1) is 24.5. The number of methoxy groups -OCH3 is 3. The molecule has 4 aliphatic carbocycles. The predicted octanol–water partition coefficient (Wildman–Crippen LogP) is 4.94. The molecule has 7 rings (SSSR count). The van der Waals surface area contributed by atoms with Gasteiger partial charge in [-0.05, 0) is 74.6 Å². The van der Waals surface area contributed by atoms with E-state index in [1.807, 2.05) is 0 Å². The summed E-state index contributed by atoms with van der Waals surface area (Å²) in [6, 6.07) is 6.09. The summed E-state index contributed by atoms with van der Waals surface area (Å²) in [4.78, 5) is 23.9. The number of ether oxygens (including phenoxy) is 6. The molecule has 0 N–H and O–H groups in total. The number of hydrogen-bond acceptors (Lipinski definition) is 9. The van der Waals surface area contributed by atoms with Gasteiger partial charge in [0.2, 0.25) is 0 Å². The molecule has 0 aromatic heterocycles. The largest absolute Gasteiger partial charge is 1.00 e. The van der Waals surface area contributed by atoms with E-state index in [1.165, 1.54) is 25.7 Å². The van der Waals surface area contributed by atoms with E-state index in [4.69, 9.17) is 28.4 Å².